The molecule has 0 aromatic carbocycles. The highest BCUT2D eigenvalue weighted by Crippen LogP contribution is 2.39. The highest BCUT2D eigenvalue weighted by atomic mass is 16.1. The molecule has 14 heavy (non-hydrogen) atoms. The maximum absolute atomic E-state index is 11.6. The van der Waals surface area contributed by atoms with Gasteiger partial charge >= 0.3 is 0 Å². The van der Waals surface area contributed by atoms with E-state index in [9.17, 15) is 4.79 Å². The maximum Gasteiger partial charge on any atom is 0.158 e. The molecule has 78 valence electrons. The number of ketones is 1. The number of carbonyl (C=O) groups is 1. The first-order valence-corrected chi connectivity index (χ1v) is 5.40. The number of hydrogen-bond donors (Lipinski definition) is 0. The Hall–Kier alpha value is -0.850. The average Bonchev–Trinajstić information content (AvgIpc) is 2.12. The Morgan fingerprint density at radius 1 is 1.43 bits per heavy atom. The second-order valence-corrected chi connectivity index (χ2v) is 4.66. The zero-order valence-electron chi connectivity index (χ0n) is 9.68. The number of carbonyl (C=O) groups excluding carboxylic acids is 1. The monoisotopic (exact) mass is 192 g/mol. The Labute approximate surface area is 86.9 Å². The molecule has 1 heteroatoms. The summed E-state index contributed by atoms with van der Waals surface area (Å²) in [6.45, 7) is 8.51. The molecule has 0 amide bonds. The van der Waals surface area contributed by atoms with Gasteiger partial charge in [-0.3, -0.25) is 4.79 Å². The van der Waals surface area contributed by atoms with Crippen LogP contribution in [0.15, 0.2) is 23.3 Å². The van der Waals surface area contributed by atoms with Crippen molar-refractivity contribution < 1.29 is 4.79 Å². The minimum atomic E-state index is 0.170. The summed E-state index contributed by atoms with van der Waals surface area (Å²) in [5.74, 6) is 0.320. The first-order valence-electron chi connectivity index (χ1n) is 5.40. The molecule has 0 fully saturated rings. The van der Waals surface area contributed by atoms with Gasteiger partial charge in [0.2, 0.25) is 0 Å². The van der Waals surface area contributed by atoms with Gasteiger partial charge in [0.25, 0.3) is 0 Å². The number of hydrogen-bond acceptors (Lipinski definition) is 1. The molecule has 1 aliphatic rings. The van der Waals surface area contributed by atoms with E-state index in [4.69, 9.17) is 0 Å². The van der Waals surface area contributed by atoms with Crippen molar-refractivity contribution in [2.24, 2.45) is 5.41 Å². The predicted molar refractivity (Wildman–Crippen MR) is 60.2 cm³/mol. The molecule has 1 aliphatic carbocycles. The molecule has 0 aromatic rings. The minimum Gasteiger partial charge on any atom is -0.295 e. The summed E-state index contributed by atoms with van der Waals surface area (Å²) in [7, 11) is 0. The molecular formula is C13H20O. The van der Waals surface area contributed by atoms with E-state index >= 15 is 0 Å². The summed E-state index contributed by atoms with van der Waals surface area (Å²) >= 11 is 0. The second-order valence-electron chi connectivity index (χ2n) is 4.66. The predicted octanol–water partition coefficient (Wildman–Crippen LogP) is 3.66. The van der Waals surface area contributed by atoms with Crippen LogP contribution in [0, 0.1) is 5.41 Å². The molecule has 1 nitrogen and oxygen atoms in total. The van der Waals surface area contributed by atoms with Gasteiger partial charge < -0.3 is 0 Å². The van der Waals surface area contributed by atoms with Crippen LogP contribution in [-0.2, 0) is 4.79 Å². The molecule has 0 atom stereocenters. The van der Waals surface area contributed by atoms with Gasteiger partial charge in [-0.15, -0.1) is 0 Å². The summed E-state index contributed by atoms with van der Waals surface area (Å²) in [5.41, 5.74) is 2.37. The quantitative estimate of drug-likeness (QED) is 0.652. The van der Waals surface area contributed by atoms with Crippen molar-refractivity contribution in [3.05, 3.63) is 23.3 Å². The molecule has 0 saturated heterocycles. The van der Waals surface area contributed by atoms with Crippen LogP contribution in [0.4, 0.5) is 0 Å². The molecular weight excluding hydrogens is 172 g/mol. The second kappa shape index (κ2) is 4.12. The fourth-order valence-corrected chi connectivity index (χ4v) is 1.99. The highest BCUT2D eigenvalue weighted by Gasteiger charge is 2.30. The van der Waals surface area contributed by atoms with Crippen molar-refractivity contribution in [3.63, 3.8) is 0 Å². The zero-order chi connectivity index (χ0) is 10.8. The molecule has 0 spiro atoms. The Kier molecular flexibility index (Phi) is 3.30. The van der Waals surface area contributed by atoms with Crippen LogP contribution in [0.1, 0.15) is 47.0 Å². The van der Waals surface area contributed by atoms with Crippen molar-refractivity contribution in [2.75, 3.05) is 0 Å². The topological polar surface area (TPSA) is 17.1 Å². The van der Waals surface area contributed by atoms with E-state index in [-0.39, 0.29) is 5.41 Å². The molecule has 0 bridgehead atoms. The van der Waals surface area contributed by atoms with E-state index in [1.54, 1.807) is 0 Å². The molecule has 0 unspecified atom stereocenters. The molecule has 0 N–H and O–H groups in total. The largest absolute Gasteiger partial charge is 0.295 e. The van der Waals surface area contributed by atoms with Gasteiger partial charge in [-0.1, -0.05) is 32.9 Å². The van der Waals surface area contributed by atoms with Gasteiger partial charge in [0.05, 0.1) is 0 Å². The maximum atomic E-state index is 11.6. The van der Waals surface area contributed by atoms with Gasteiger partial charge in [-0.05, 0) is 36.3 Å². The fraction of sp³-hybridized carbons (Fsp3) is 0.615. The van der Waals surface area contributed by atoms with Crippen LogP contribution < -0.4 is 0 Å². The van der Waals surface area contributed by atoms with Crippen molar-refractivity contribution in [1.82, 2.24) is 0 Å². The molecule has 0 heterocycles. The summed E-state index contributed by atoms with van der Waals surface area (Å²) in [4.78, 5) is 11.6. The molecule has 0 saturated carbocycles. The smallest absolute Gasteiger partial charge is 0.158 e. The fourth-order valence-electron chi connectivity index (χ4n) is 1.99. The van der Waals surface area contributed by atoms with E-state index in [1.807, 2.05) is 6.92 Å². The first kappa shape index (κ1) is 11.2. The third kappa shape index (κ3) is 2.14. The lowest BCUT2D eigenvalue weighted by Crippen LogP contribution is -2.24. The standard InChI is InChI=1S/C13H20O/c1-5-6-7-11-10(2)12(14)8-9-13(11,3)4/h6-7H,5,8-9H2,1-4H3. The lowest BCUT2D eigenvalue weighted by atomic mass is 9.72. The van der Waals surface area contributed by atoms with E-state index < -0.39 is 0 Å². The summed E-state index contributed by atoms with van der Waals surface area (Å²) in [6, 6.07) is 0. The molecule has 0 aliphatic heterocycles. The summed E-state index contributed by atoms with van der Waals surface area (Å²) < 4.78 is 0. The van der Waals surface area contributed by atoms with Gasteiger partial charge in [-0.2, -0.15) is 0 Å². The highest BCUT2D eigenvalue weighted by molar-refractivity contribution is 5.97. The van der Waals surface area contributed by atoms with Gasteiger partial charge in [0, 0.05) is 6.42 Å². The minimum absolute atomic E-state index is 0.170. The Morgan fingerprint density at radius 3 is 2.64 bits per heavy atom. The van der Waals surface area contributed by atoms with E-state index in [1.165, 1.54) is 5.57 Å². The van der Waals surface area contributed by atoms with E-state index in [0.717, 1.165) is 18.4 Å². The molecule has 0 radical (unpaired) electrons. The van der Waals surface area contributed by atoms with Crippen LogP contribution in [0.3, 0.4) is 0 Å². The Balaban J connectivity index is 3.08. The van der Waals surface area contributed by atoms with Crippen LogP contribution in [0.5, 0.6) is 0 Å². The van der Waals surface area contributed by atoms with Crippen LogP contribution in [0.25, 0.3) is 0 Å². The SMILES string of the molecule is CCC=CC1=C(C)C(=O)CCC1(C)C. The van der Waals surface area contributed by atoms with Crippen LogP contribution in [0.2, 0.25) is 0 Å². The summed E-state index contributed by atoms with van der Waals surface area (Å²) in [6.07, 6.45) is 6.99. The van der Waals surface area contributed by atoms with Crippen molar-refractivity contribution in [3.8, 4) is 0 Å². The molecule has 1 rings (SSSR count). The first-order chi connectivity index (χ1) is 6.49. The summed E-state index contributed by atoms with van der Waals surface area (Å²) in [5, 5.41) is 0. The lowest BCUT2D eigenvalue weighted by Gasteiger charge is -2.32. The van der Waals surface area contributed by atoms with Gasteiger partial charge in [-0.25, -0.2) is 0 Å². The Morgan fingerprint density at radius 2 is 2.07 bits per heavy atom. The van der Waals surface area contributed by atoms with Crippen molar-refractivity contribution >= 4 is 5.78 Å². The van der Waals surface area contributed by atoms with Gasteiger partial charge in [0.1, 0.15) is 0 Å². The van der Waals surface area contributed by atoms with E-state index in [2.05, 4.69) is 32.9 Å². The third-order valence-corrected chi connectivity index (χ3v) is 3.05. The van der Waals surface area contributed by atoms with Gasteiger partial charge in [0.15, 0.2) is 5.78 Å². The van der Waals surface area contributed by atoms with E-state index in [0.29, 0.717) is 12.2 Å². The van der Waals surface area contributed by atoms with Crippen molar-refractivity contribution in [2.45, 2.75) is 47.0 Å². The van der Waals surface area contributed by atoms with Crippen molar-refractivity contribution in [1.29, 1.82) is 0 Å². The zero-order valence-corrected chi connectivity index (χ0v) is 9.68. The number of Topliss-reactive ketones (excluding diaryl/α,β-unsaturated/α-hetero) is 1. The average molecular weight is 192 g/mol. The Bertz CT molecular complexity index is 292. The van der Waals surface area contributed by atoms with Crippen LogP contribution in [-0.4, -0.2) is 5.78 Å². The van der Waals surface area contributed by atoms with Crippen LogP contribution >= 0.6 is 0 Å². The molecule has 0 aromatic heterocycles. The number of rotatable bonds is 2. The lowest BCUT2D eigenvalue weighted by molar-refractivity contribution is -0.116. The normalized spacial score (nSPS) is 22.1. The number of allylic oxidation sites excluding steroid dienone is 4. The third-order valence-electron chi connectivity index (χ3n) is 3.05.